The van der Waals surface area contributed by atoms with E-state index in [0.29, 0.717) is 43.2 Å². The highest BCUT2D eigenvalue weighted by Gasteiger charge is 2.47. The van der Waals surface area contributed by atoms with E-state index >= 15 is 24.0 Å². The largest absolute Gasteiger partial charge is 0.481 e. The van der Waals surface area contributed by atoms with E-state index in [1.54, 1.807) is 6.92 Å². The van der Waals surface area contributed by atoms with Crippen molar-refractivity contribution in [2.75, 3.05) is 55.8 Å². The third-order valence-corrected chi connectivity index (χ3v) is 27.5. The predicted octanol–water partition coefficient (Wildman–Crippen LogP) is -11.2. The predicted molar refractivity (Wildman–Crippen MR) is 486 cm³/mol. The van der Waals surface area contributed by atoms with Gasteiger partial charge in [0.1, 0.15) is 103 Å². The van der Waals surface area contributed by atoms with Crippen LogP contribution in [0.15, 0.2) is 12.5 Å². The fraction of sp³-hybridized carbons (Fsp3) is 0.671. The monoisotopic (exact) mass is 1980 g/mol. The van der Waals surface area contributed by atoms with Gasteiger partial charge in [-0.25, -0.2) is 4.98 Å². The number of H-pyrrole nitrogens is 1. The summed E-state index contributed by atoms with van der Waals surface area (Å²) in [6.45, 7) is 8.21. The number of nitrogens with two attached hydrogens (primary N) is 6. The number of aliphatic hydroxyl groups excluding tert-OH is 2. The normalized spacial score (nSPS) is 27.2. The lowest BCUT2D eigenvalue weighted by atomic mass is 9.97. The Morgan fingerprint density at radius 1 is 0.548 bits per heavy atom. The van der Waals surface area contributed by atoms with Crippen molar-refractivity contribution >= 4 is 179 Å². The summed E-state index contributed by atoms with van der Waals surface area (Å²) in [6.07, 6.45) is -3.65. The fourth-order valence-corrected chi connectivity index (χ4v) is 19.7. The lowest BCUT2D eigenvalue weighted by Crippen LogP contribution is -2.63. The van der Waals surface area contributed by atoms with Gasteiger partial charge in [-0.1, -0.05) is 91.1 Å². The van der Waals surface area contributed by atoms with E-state index in [0.717, 1.165) is 21.6 Å². The van der Waals surface area contributed by atoms with Gasteiger partial charge in [-0.05, 0) is 82.5 Å². The van der Waals surface area contributed by atoms with Gasteiger partial charge in [0.15, 0.2) is 5.96 Å². The summed E-state index contributed by atoms with van der Waals surface area (Å²) in [4.78, 5) is 325. The smallest absolute Gasteiger partial charge is 0.305 e. The number of carbonyl (C=O) groups excluding carboxylic acids is 21. The molecule has 21 amide bonds. The van der Waals surface area contributed by atoms with Crippen molar-refractivity contribution in [2.45, 2.75) is 260 Å². The molecule has 6 heterocycles. The molecule has 5 aliphatic heterocycles. The Bertz CT molecular complexity index is 4480. The molecular weight excluding hydrogens is 1860 g/mol. The first-order valence-corrected chi connectivity index (χ1v) is 48.8. The van der Waals surface area contributed by atoms with Crippen LogP contribution in [0.3, 0.4) is 0 Å². The van der Waals surface area contributed by atoms with Gasteiger partial charge in [-0.2, -0.15) is 0 Å². The van der Waals surface area contributed by atoms with E-state index in [9.17, 15) is 96.8 Å². The van der Waals surface area contributed by atoms with Crippen LogP contribution in [0.25, 0.3) is 0 Å². The van der Waals surface area contributed by atoms with E-state index in [2.05, 4.69) is 89.7 Å². The molecule has 2 bridgehead atoms. The van der Waals surface area contributed by atoms with Crippen molar-refractivity contribution < 1.29 is 121 Å². The molecule has 1 aromatic heterocycles. The van der Waals surface area contributed by atoms with Crippen LogP contribution in [-0.4, -0.2) is 347 Å². The highest BCUT2D eigenvalue weighted by Crippen LogP contribution is 2.29. The van der Waals surface area contributed by atoms with E-state index in [1.807, 2.05) is 0 Å². The second-order valence-corrected chi connectivity index (χ2v) is 38.9. The molecule has 0 radical (unpaired) electrons. The molecule has 5 aliphatic rings. The molecule has 6 rings (SSSR count). The van der Waals surface area contributed by atoms with Gasteiger partial charge >= 0.3 is 5.97 Å². The molecule has 32 N–H and O–H groups in total. The standard InChI is InChI=1S/C79H125N27O25S4/c1-8-36(6)59-74(127)96-46(61(84)114)29-132-133-30-47-66(119)95-45(28-107)65(118)94-43(25-55(83)111)77(130)106-22-12-16-52(106)71(124)100-57(34(2)3)73(126)99-49(32-135-134-31-48(67(120)97-47)98-70(123)51-15-11-21-105(51)78(131)44(26-56(112)113)92-62(115)39(80)13-9-19-88-79(85)86)68(121)103-60(37(7)108)75(128)101-58(35(4)5)72(125)91-41(23-38-27-87-33-89-38)64(117)93-42(24-54(82)110)76(129)104-20-10-14-50(104)69(122)90-40(63(116)102-59)17-18-53(81)109/h27,33-37,39-52,57-60,107-108H,8-26,28-32,80H2,1-7H3,(H2,81,109)(H2,82,110)(H2,83,111)(H2,84,114)(H,87,89)(H,90,122)(H,91,125)(H,92,115)(H,93,117)(H,94,118)(H,95,119)(H,96,127)(H,97,120)(H,98,123)(H,99,126)(H,100,124)(H,101,128)(H,102,116)(H,103,121)(H,112,113)(H4,85,86,88)/t36-,37+,39-,40-,41-,42-,43-,44-,45-,46-,47-,48-,49-,50-,51-,52-,57-,58?,59?,60-/m0/s1. The molecule has 5 fully saturated rings. The zero-order chi connectivity index (χ0) is 101. The van der Waals surface area contributed by atoms with Gasteiger partial charge in [0.25, 0.3) is 0 Å². The SMILES string of the molecule is CC[C@H](C)C1NC(=O)[C@H](CCC(N)=O)NC(=O)[C@@H]2CCCN2C(=O)[C@H](CC(N)=O)NC(=O)[C@H](Cc2c[nH]cn2)NC(=O)C(C(C)C)NC(=O)[C@H]([C@@H](C)O)NC(=O)[C@@H]2CSSC[C@H](NC(=O)[C@@H]3CCCN3C(=O)[C@H](CC(=O)O)NC(=O)[C@@H](N)CCCNC(=N)N)C(=O)N[C@@H](CSSC[C@@H](C(N)=O)NC1=O)C(=O)N[C@@H](CO)C(=O)N[C@@H](CC(N)=O)C(=O)N1CCC[C@H]1C(=O)N[C@@H](C(C)C)C(=O)N2. The number of carboxylic acid groups (broad SMARTS) is 1. The lowest BCUT2D eigenvalue weighted by molar-refractivity contribution is -0.146. The van der Waals surface area contributed by atoms with Gasteiger partial charge in [0, 0.05) is 68.2 Å². The minimum absolute atomic E-state index is 0.0485. The van der Waals surface area contributed by atoms with Crippen LogP contribution in [0.1, 0.15) is 144 Å². The number of rotatable bonds is 27. The van der Waals surface area contributed by atoms with Crippen LogP contribution in [0, 0.1) is 23.2 Å². The summed E-state index contributed by atoms with van der Waals surface area (Å²) in [5, 5.41) is 76.9. The molecule has 1 aromatic rings. The molecular formula is C79H125N27O25S4. The molecule has 0 aliphatic carbocycles. The Kier molecular flexibility index (Phi) is 44.7. The highest BCUT2D eigenvalue weighted by molar-refractivity contribution is 8.77. The van der Waals surface area contributed by atoms with Crippen molar-refractivity contribution in [3.05, 3.63) is 18.2 Å². The van der Waals surface area contributed by atoms with Crippen LogP contribution in [-0.2, 0) is 112 Å². The quantitative estimate of drug-likeness (QED) is 0.0168. The Balaban J connectivity index is 1.54. The van der Waals surface area contributed by atoms with Crippen molar-refractivity contribution in [1.82, 2.24) is 104 Å². The van der Waals surface area contributed by atoms with Crippen LogP contribution in [0.4, 0.5) is 0 Å². The fourth-order valence-electron chi connectivity index (χ4n) is 15.0. The van der Waals surface area contributed by atoms with Crippen molar-refractivity contribution in [2.24, 2.45) is 52.2 Å². The Labute approximate surface area is 791 Å². The number of guanidine groups is 1. The number of fused-ring (bicyclic) bond motifs is 10. The van der Waals surface area contributed by atoms with E-state index < -0.39 is 331 Å². The summed E-state index contributed by atoms with van der Waals surface area (Å²) in [7, 11) is 2.74. The van der Waals surface area contributed by atoms with Gasteiger partial charge < -0.3 is 149 Å². The number of aromatic amines is 1. The summed E-state index contributed by atoms with van der Waals surface area (Å²) in [6, 6.07) is -31.7. The molecule has 750 valence electrons. The van der Waals surface area contributed by atoms with Crippen LogP contribution >= 0.6 is 43.2 Å². The van der Waals surface area contributed by atoms with Gasteiger partial charge in [0.05, 0.1) is 50.0 Å². The summed E-state index contributed by atoms with van der Waals surface area (Å²) in [5.74, 6) is -31.0. The van der Waals surface area contributed by atoms with Crippen LogP contribution in [0.5, 0.6) is 0 Å². The highest BCUT2D eigenvalue weighted by atomic mass is 33.1. The van der Waals surface area contributed by atoms with E-state index in [4.69, 9.17) is 39.8 Å². The minimum Gasteiger partial charge on any atom is -0.481 e. The molecule has 56 heteroatoms. The lowest BCUT2D eigenvalue weighted by Gasteiger charge is -2.32. The zero-order valence-corrected chi connectivity index (χ0v) is 78.8. The maximum Gasteiger partial charge on any atom is 0.305 e. The summed E-state index contributed by atoms with van der Waals surface area (Å²) in [5.41, 5.74) is 34.4. The zero-order valence-electron chi connectivity index (χ0n) is 75.5. The number of aromatic nitrogens is 2. The Morgan fingerprint density at radius 2 is 1.02 bits per heavy atom. The summed E-state index contributed by atoms with van der Waals surface area (Å²) < 4.78 is 0. The summed E-state index contributed by atoms with van der Waals surface area (Å²) >= 11 is 0. The van der Waals surface area contributed by atoms with Gasteiger partial charge in [-0.15, -0.1) is 0 Å². The van der Waals surface area contributed by atoms with E-state index in [-0.39, 0.29) is 95.6 Å². The molecule has 20 atom stereocenters. The second-order valence-electron chi connectivity index (χ2n) is 33.8. The van der Waals surface area contributed by atoms with Crippen molar-refractivity contribution in [3.63, 3.8) is 0 Å². The average Bonchev–Trinajstić information content (AvgIpc) is 1.73. The minimum atomic E-state index is -2.10. The first-order valence-electron chi connectivity index (χ1n) is 43.8. The number of hydrogen-bond donors (Lipinski definition) is 26. The van der Waals surface area contributed by atoms with Crippen LogP contribution < -0.4 is 114 Å². The van der Waals surface area contributed by atoms with Crippen molar-refractivity contribution in [3.8, 4) is 0 Å². The van der Waals surface area contributed by atoms with Crippen LogP contribution in [0.2, 0.25) is 0 Å². The van der Waals surface area contributed by atoms with Gasteiger partial charge in [0.2, 0.25) is 124 Å². The second kappa shape index (κ2) is 54.0. The first kappa shape index (κ1) is 112. The number of carbonyl (C=O) groups is 22. The molecule has 5 saturated heterocycles. The number of carboxylic acids is 1. The molecule has 0 spiro atoms. The van der Waals surface area contributed by atoms with Crippen molar-refractivity contribution in [1.29, 1.82) is 5.41 Å². The number of likely N-dealkylation sites (tertiary alicyclic amines) is 1. The first-order chi connectivity index (χ1) is 63.7. The number of nitrogens with zero attached hydrogens (tertiary/aromatic N) is 4. The number of primary amides is 4. The van der Waals surface area contributed by atoms with E-state index in [1.165, 1.54) is 47.1 Å². The third-order valence-electron chi connectivity index (χ3n) is 22.6. The number of nitrogens with one attached hydrogen (secondary N) is 17. The number of aliphatic hydroxyl groups is 2. The third kappa shape index (κ3) is 34.1. The maximum atomic E-state index is 15.5. The maximum absolute atomic E-state index is 15.5. The molecule has 0 saturated carbocycles. The molecule has 52 nitrogen and oxygen atoms in total. The number of hydrogen-bond acceptors (Lipinski definition) is 31. The number of amides is 21. The molecule has 0 aromatic carbocycles. The molecule has 2 unspecified atom stereocenters. The topological polar surface area (TPSA) is 835 Å². The Hall–Kier alpha value is -11.9. The number of aliphatic carboxylic acids is 1. The van der Waals surface area contributed by atoms with Gasteiger partial charge in [-0.3, -0.25) is 111 Å². The molecule has 135 heavy (non-hydrogen) atoms. The number of imidazole rings is 1. The Morgan fingerprint density at radius 3 is 1.54 bits per heavy atom. The average molecular weight is 1980 g/mol.